The highest BCUT2D eigenvalue weighted by molar-refractivity contribution is 7.13. The first kappa shape index (κ1) is 12.1. The van der Waals surface area contributed by atoms with Gasteiger partial charge in [0.15, 0.2) is 5.13 Å². The quantitative estimate of drug-likeness (QED) is 0.588. The number of benzene rings is 2. The van der Waals surface area contributed by atoms with E-state index in [2.05, 4.69) is 51.6 Å². The van der Waals surface area contributed by atoms with E-state index in [9.17, 15) is 0 Å². The summed E-state index contributed by atoms with van der Waals surface area (Å²) >= 11 is 1.46. The Balaban J connectivity index is 1.72. The zero-order valence-corrected chi connectivity index (χ0v) is 11.9. The standard InChI is InChI=1S/C16H12N4S/c17-16-19-15(9-21-16)11-3-1-10(2-4-11)12-5-6-14-13(7-12)8-18-20-14/h1-9H,(H2,17,19)(H,18,20). The molecule has 0 bridgehead atoms. The third kappa shape index (κ3) is 2.17. The van der Waals surface area contributed by atoms with Crippen LogP contribution in [0, 0.1) is 0 Å². The average Bonchev–Trinajstić information content (AvgIpc) is 3.15. The lowest BCUT2D eigenvalue weighted by Crippen LogP contribution is -1.83. The monoisotopic (exact) mass is 292 g/mol. The van der Waals surface area contributed by atoms with Crippen LogP contribution in [0.15, 0.2) is 54.0 Å². The second-order valence-electron chi connectivity index (χ2n) is 4.82. The average molecular weight is 292 g/mol. The maximum atomic E-state index is 5.68. The second kappa shape index (κ2) is 4.71. The molecule has 2 aromatic carbocycles. The van der Waals surface area contributed by atoms with Crippen molar-refractivity contribution in [1.82, 2.24) is 15.2 Å². The van der Waals surface area contributed by atoms with Gasteiger partial charge in [-0.15, -0.1) is 11.3 Å². The summed E-state index contributed by atoms with van der Waals surface area (Å²) in [6.07, 6.45) is 1.84. The summed E-state index contributed by atoms with van der Waals surface area (Å²) in [5.41, 5.74) is 11.1. The summed E-state index contributed by atoms with van der Waals surface area (Å²) in [5, 5.41) is 10.7. The molecule has 102 valence electrons. The van der Waals surface area contributed by atoms with Crippen LogP contribution in [0.2, 0.25) is 0 Å². The van der Waals surface area contributed by atoms with Crippen molar-refractivity contribution >= 4 is 27.4 Å². The number of anilines is 1. The highest BCUT2D eigenvalue weighted by Gasteiger charge is 2.04. The molecule has 0 aliphatic heterocycles. The molecular weight excluding hydrogens is 280 g/mol. The minimum Gasteiger partial charge on any atom is -0.375 e. The molecule has 4 aromatic rings. The summed E-state index contributed by atoms with van der Waals surface area (Å²) < 4.78 is 0. The molecule has 0 atom stereocenters. The third-order valence-electron chi connectivity index (χ3n) is 3.48. The van der Waals surface area contributed by atoms with Gasteiger partial charge in [0, 0.05) is 16.3 Å². The van der Waals surface area contributed by atoms with Gasteiger partial charge in [-0.1, -0.05) is 30.3 Å². The molecule has 0 saturated heterocycles. The molecule has 0 fully saturated rings. The number of rotatable bonds is 2. The van der Waals surface area contributed by atoms with Crippen LogP contribution in [0.5, 0.6) is 0 Å². The molecule has 4 nitrogen and oxygen atoms in total. The molecule has 2 heterocycles. The maximum Gasteiger partial charge on any atom is 0.180 e. The van der Waals surface area contributed by atoms with Gasteiger partial charge >= 0.3 is 0 Å². The minimum absolute atomic E-state index is 0.597. The molecule has 0 saturated carbocycles. The van der Waals surface area contributed by atoms with Crippen LogP contribution in [-0.4, -0.2) is 15.2 Å². The van der Waals surface area contributed by atoms with Crippen LogP contribution in [0.3, 0.4) is 0 Å². The lowest BCUT2D eigenvalue weighted by Gasteiger charge is -2.03. The number of nitrogens with two attached hydrogens (primary N) is 1. The van der Waals surface area contributed by atoms with E-state index in [1.165, 1.54) is 22.5 Å². The molecule has 0 radical (unpaired) electrons. The molecule has 0 amide bonds. The van der Waals surface area contributed by atoms with E-state index < -0.39 is 0 Å². The minimum atomic E-state index is 0.597. The van der Waals surface area contributed by atoms with Crippen molar-refractivity contribution < 1.29 is 0 Å². The van der Waals surface area contributed by atoms with Gasteiger partial charge in [0.2, 0.25) is 0 Å². The van der Waals surface area contributed by atoms with Crippen molar-refractivity contribution in [2.75, 3.05) is 5.73 Å². The van der Waals surface area contributed by atoms with Crippen molar-refractivity contribution in [3.63, 3.8) is 0 Å². The normalized spacial score (nSPS) is 11.0. The fourth-order valence-corrected chi connectivity index (χ4v) is 2.95. The molecular formula is C16H12N4S. The summed E-state index contributed by atoms with van der Waals surface area (Å²) in [5.74, 6) is 0. The summed E-state index contributed by atoms with van der Waals surface area (Å²) in [6.45, 7) is 0. The first-order valence-electron chi connectivity index (χ1n) is 6.54. The van der Waals surface area contributed by atoms with Crippen molar-refractivity contribution in [2.45, 2.75) is 0 Å². The third-order valence-corrected chi connectivity index (χ3v) is 4.15. The smallest absolute Gasteiger partial charge is 0.180 e. The number of aromatic amines is 1. The topological polar surface area (TPSA) is 67.6 Å². The number of hydrogen-bond acceptors (Lipinski definition) is 4. The first-order valence-corrected chi connectivity index (χ1v) is 7.42. The molecule has 0 spiro atoms. The molecule has 5 heteroatoms. The van der Waals surface area contributed by atoms with Gasteiger partial charge < -0.3 is 5.73 Å². The predicted octanol–water partition coefficient (Wildman–Crippen LogP) is 3.94. The fraction of sp³-hybridized carbons (Fsp3) is 0. The SMILES string of the molecule is Nc1nc(-c2ccc(-c3ccc4[nH]ncc4c3)cc2)cs1. The van der Waals surface area contributed by atoms with Crippen molar-refractivity contribution in [2.24, 2.45) is 0 Å². The molecule has 4 rings (SSSR count). The van der Waals surface area contributed by atoms with Crippen LogP contribution >= 0.6 is 11.3 Å². The fourth-order valence-electron chi connectivity index (χ4n) is 2.38. The predicted molar refractivity (Wildman–Crippen MR) is 87.1 cm³/mol. The van der Waals surface area contributed by atoms with E-state index in [0.29, 0.717) is 5.13 Å². The number of hydrogen-bond donors (Lipinski definition) is 2. The number of aromatic nitrogens is 3. The highest BCUT2D eigenvalue weighted by atomic mass is 32.1. The van der Waals surface area contributed by atoms with E-state index >= 15 is 0 Å². The Labute approximate surface area is 125 Å². The largest absolute Gasteiger partial charge is 0.375 e. The Bertz CT molecular complexity index is 905. The van der Waals surface area contributed by atoms with Crippen molar-refractivity contribution in [3.05, 3.63) is 54.0 Å². The Morgan fingerprint density at radius 3 is 2.48 bits per heavy atom. The van der Waals surface area contributed by atoms with Gasteiger partial charge in [0.25, 0.3) is 0 Å². The van der Waals surface area contributed by atoms with Crippen molar-refractivity contribution in [3.8, 4) is 22.4 Å². The lowest BCUT2D eigenvalue weighted by atomic mass is 10.0. The van der Waals surface area contributed by atoms with Gasteiger partial charge in [-0.3, -0.25) is 5.10 Å². The number of fused-ring (bicyclic) bond motifs is 1. The Kier molecular flexibility index (Phi) is 2.72. The zero-order valence-electron chi connectivity index (χ0n) is 11.1. The maximum absolute atomic E-state index is 5.68. The molecule has 0 aliphatic rings. The Hall–Kier alpha value is -2.66. The number of nitrogens with zero attached hydrogens (tertiary/aromatic N) is 2. The van der Waals surface area contributed by atoms with E-state index in [0.717, 1.165) is 22.2 Å². The van der Waals surface area contributed by atoms with E-state index in [4.69, 9.17) is 5.73 Å². The highest BCUT2D eigenvalue weighted by Crippen LogP contribution is 2.27. The van der Waals surface area contributed by atoms with E-state index in [1.807, 2.05) is 17.6 Å². The Morgan fingerprint density at radius 2 is 1.71 bits per heavy atom. The van der Waals surface area contributed by atoms with Gasteiger partial charge in [-0.2, -0.15) is 5.10 Å². The van der Waals surface area contributed by atoms with Crippen LogP contribution in [0.25, 0.3) is 33.3 Å². The van der Waals surface area contributed by atoms with Crippen LogP contribution in [0.1, 0.15) is 0 Å². The summed E-state index contributed by atoms with van der Waals surface area (Å²) in [6, 6.07) is 14.6. The van der Waals surface area contributed by atoms with Crippen LogP contribution < -0.4 is 5.73 Å². The number of thiazole rings is 1. The summed E-state index contributed by atoms with van der Waals surface area (Å²) in [7, 11) is 0. The van der Waals surface area contributed by atoms with E-state index in [-0.39, 0.29) is 0 Å². The molecule has 3 N–H and O–H groups in total. The summed E-state index contributed by atoms with van der Waals surface area (Å²) in [4.78, 5) is 4.30. The first-order chi connectivity index (χ1) is 10.3. The molecule has 0 aliphatic carbocycles. The molecule has 21 heavy (non-hydrogen) atoms. The Morgan fingerprint density at radius 1 is 0.952 bits per heavy atom. The van der Waals surface area contributed by atoms with Gasteiger partial charge in [-0.25, -0.2) is 4.98 Å². The second-order valence-corrected chi connectivity index (χ2v) is 5.71. The number of H-pyrrole nitrogens is 1. The van der Waals surface area contributed by atoms with Gasteiger partial charge in [0.05, 0.1) is 17.4 Å². The molecule has 0 unspecified atom stereocenters. The van der Waals surface area contributed by atoms with Crippen LogP contribution in [-0.2, 0) is 0 Å². The van der Waals surface area contributed by atoms with E-state index in [1.54, 1.807) is 0 Å². The van der Waals surface area contributed by atoms with Gasteiger partial charge in [-0.05, 0) is 23.3 Å². The van der Waals surface area contributed by atoms with Gasteiger partial charge in [0.1, 0.15) is 0 Å². The molecule has 2 aromatic heterocycles. The van der Waals surface area contributed by atoms with Crippen LogP contribution in [0.4, 0.5) is 5.13 Å². The number of nitrogens with one attached hydrogen (secondary N) is 1. The lowest BCUT2D eigenvalue weighted by molar-refractivity contribution is 1.12. The van der Waals surface area contributed by atoms with Crippen molar-refractivity contribution in [1.29, 1.82) is 0 Å². The number of nitrogen functional groups attached to an aromatic ring is 1. The zero-order chi connectivity index (χ0) is 14.2.